The molecule has 0 saturated carbocycles. The Morgan fingerprint density at radius 2 is 2.12 bits per heavy atom. The van der Waals surface area contributed by atoms with Gasteiger partial charge >= 0.3 is 11.9 Å². The summed E-state index contributed by atoms with van der Waals surface area (Å²) in [7, 11) is 1.22. The number of rotatable bonds is 5. The third kappa shape index (κ3) is 3.56. The van der Waals surface area contributed by atoms with Crippen molar-refractivity contribution in [3.63, 3.8) is 0 Å². The molecule has 0 radical (unpaired) electrons. The molecule has 0 aliphatic carbocycles. The lowest BCUT2D eigenvalue weighted by atomic mass is 10.2. The SMILES string of the molecule is COC(=O)CC(Nc1ccncc1)C(=O)O. The Hall–Kier alpha value is -2.11. The highest BCUT2D eigenvalue weighted by atomic mass is 16.5. The predicted molar refractivity (Wildman–Crippen MR) is 55.9 cm³/mol. The first-order chi connectivity index (χ1) is 7.63. The lowest BCUT2D eigenvalue weighted by molar-refractivity contribution is -0.146. The number of methoxy groups -OCH3 is 1. The van der Waals surface area contributed by atoms with Crippen molar-refractivity contribution < 1.29 is 19.4 Å². The molecule has 0 spiro atoms. The first kappa shape index (κ1) is 12.0. The zero-order valence-corrected chi connectivity index (χ0v) is 8.71. The Labute approximate surface area is 92.3 Å². The highest BCUT2D eigenvalue weighted by Crippen LogP contribution is 2.08. The molecule has 1 heterocycles. The van der Waals surface area contributed by atoms with Gasteiger partial charge in [0.1, 0.15) is 6.04 Å². The van der Waals surface area contributed by atoms with Crippen LogP contribution < -0.4 is 5.32 Å². The molecule has 2 N–H and O–H groups in total. The lowest BCUT2D eigenvalue weighted by Crippen LogP contribution is -2.32. The molecular weight excluding hydrogens is 212 g/mol. The van der Waals surface area contributed by atoms with Crippen LogP contribution in [0.5, 0.6) is 0 Å². The molecule has 6 nitrogen and oxygen atoms in total. The van der Waals surface area contributed by atoms with E-state index in [9.17, 15) is 9.59 Å². The maximum Gasteiger partial charge on any atom is 0.326 e. The molecule has 86 valence electrons. The molecule has 6 heteroatoms. The van der Waals surface area contributed by atoms with E-state index in [-0.39, 0.29) is 6.42 Å². The maximum atomic E-state index is 11.0. The summed E-state index contributed by atoms with van der Waals surface area (Å²) >= 11 is 0. The molecule has 16 heavy (non-hydrogen) atoms. The molecule has 0 aromatic carbocycles. The number of nitrogens with zero attached hydrogens (tertiary/aromatic N) is 1. The number of carbonyl (C=O) groups is 2. The normalized spacial score (nSPS) is 11.6. The Bertz CT molecular complexity index is 366. The van der Waals surface area contributed by atoms with Crippen LogP contribution in [-0.4, -0.2) is 35.2 Å². The summed E-state index contributed by atoms with van der Waals surface area (Å²) in [6.45, 7) is 0. The van der Waals surface area contributed by atoms with E-state index in [0.29, 0.717) is 5.69 Å². The number of pyridine rings is 1. The van der Waals surface area contributed by atoms with E-state index in [2.05, 4.69) is 15.0 Å². The summed E-state index contributed by atoms with van der Waals surface area (Å²) in [6, 6.07) is 2.23. The van der Waals surface area contributed by atoms with Gasteiger partial charge in [0, 0.05) is 18.1 Å². The molecule has 1 aromatic rings. The number of aromatic nitrogens is 1. The minimum atomic E-state index is -1.11. The summed E-state index contributed by atoms with van der Waals surface area (Å²) in [5.74, 6) is -1.68. The molecule has 0 saturated heterocycles. The van der Waals surface area contributed by atoms with Crippen molar-refractivity contribution in [2.75, 3.05) is 12.4 Å². The van der Waals surface area contributed by atoms with E-state index in [1.807, 2.05) is 0 Å². The van der Waals surface area contributed by atoms with Crippen molar-refractivity contribution in [1.29, 1.82) is 0 Å². The van der Waals surface area contributed by atoms with Gasteiger partial charge in [-0.15, -0.1) is 0 Å². The van der Waals surface area contributed by atoms with Crippen molar-refractivity contribution in [2.45, 2.75) is 12.5 Å². The van der Waals surface area contributed by atoms with Gasteiger partial charge in [0.15, 0.2) is 0 Å². The van der Waals surface area contributed by atoms with Gasteiger partial charge in [0.2, 0.25) is 0 Å². The minimum Gasteiger partial charge on any atom is -0.480 e. The van der Waals surface area contributed by atoms with Gasteiger partial charge in [-0.1, -0.05) is 0 Å². The summed E-state index contributed by atoms with van der Waals surface area (Å²) < 4.78 is 4.41. The van der Waals surface area contributed by atoms with Crippen LogP contribution in [0.25, 0.3) is 0 Å². The molecule has 0 fully saturated rings. The molecule has 1 atom stereocenters. The highest BCUT2D eigenvalue weighted by molar-refractivity contribution is 5.84. The van der Waals surface area contributed by atoms with E-state index in [1.54, 1.807) is 12.1 Å². The number of nitrogens with one attached hydrogen (secondary N) is 1. The number of hydrogen-bond acceptors (Lipinski definition) is 5. The summed E-state index contributed by atoms with van der Waals surface area (Å²) in [4.78, 5) is 25.6. The van der Waals surface area contributed by atoms with Crippen molar-refractivity contribution in [3.8, 4) is 0 Å². The molecule has 0 amide bonds. The van der Waals surface area contributed by atoms with Crippen molar-refractivity contribution >= 4 is 17.6 Å². The molecular formula is C10H12N2O4. The Kier molecular flexibility index (Phi) is 4.26. The number of carbonyl (C=O) groups excluding carboxylic acids is 1. The number of anilines is 1. The first-order valence-corrected chi connectivity index (χ1v) is 4.59. The number of carboxylic acid groups (broad SMARTS) is 1. The number of esters is 1. The third-order valence-electron chi connectivity index (χ3n) is 1.92. The zero-order chi connectivity index (χ0) is 12.0. The zero-order valence-electron chi connectivity index (χ0n) is 8.71. The summed E-state index contributed by atoms with van der Waals surface area (Å²) in [5.41, 5.74) is 0.589. The number of hydrogen-bond donors (Lipinski definition) is 2. The standard InChI is InChI=1S/C10H12N2O4/c1-16-9(13)6-8(10(14)15)12-7-2-4-11-5-3-7/h2-5,8H,6H2,1H3,(H,11,12)(H,14,15). The fourth-order valence-electron chi connectivity index (χ4n) is 1.10. The number of carboxylic acids is 1. The van der Waals surface area contributed by atoms with Crippen LogP contribution in [0.2, 0.25) is 0 Å². The first-order valence-electron chi connectivity index (χ1n) is 4.59. The van der Waals surface area contributed by atoms with Crippen molar-refractivity contribution in [1.82, 2.24) is 4.98 Å². The summed E-state index contributed by atoms with van der Waals surface area (Å²) in [5, 5.41) is 11.6. The third-order valence-corrected chi connectivity index (χ3v) is 1.92. The molecule has 1 rings (SSSR count). The average Bonchev–Trinajstić information content (AvgIpc) is 2.29. The van der Waals surface area contributed by atoms with Gasteiger partial charge < -0.3 is 15.2 Å². The van der Waals surface area contributed by atoms with Gasteiger partial charge in [-0.25, -0.2) is 4.79 Å². The summed E-state index contributed by atoms with van der Waals surface area (Å²) in [6.07, 6.45) is 2.83. The fourth-order valence-corrected chi connectivity index (χ4v) is 1.10. The van der Waals surface area contributed by atoms with E-state index < -0.39 is 18.0 Å². The monoisotopic (exact) mass is 224 g/mol. The quantitative estimate of drug-likeness (QED) is 0.708. The van der Waals surface area contributed by atoms with Gasteiger partial charge in [-0.2, -0.15) is 0 Å². The van der Waals surface area contributed by atoms with Crippen LogP contribution in [0.3, 0.4) is 0 Å². The van der Waals surface area contributed by atoms with Crippen LogP contribution in [-0.2, 0) is 14.3 Å². The van der Waals surface area contributed by atoms with Gasteiger partial charge in [-0.05, 0) is 12.1 Å². The van der Waals surface area contributed by atoms with E-state index >= 15 is 0 Å². The van der Waals surface area contributed by atoms with Gasteiger partial charge in [-0.3, -0.25) is 9.78 Å². The lowest BCUT2D eigenvalue weighted by Gasteiger charge is -2.14. The van der Waals surface area contributed by atoms with Crippen LogP contribution in [0, 0.1) is 0 Å². The topological polar surface area (TPSA) is 88.5 Å². The smallest absolute Gasteiger partial charge is 0.326 e. The molecule has 0 bridgehead atoms. The van der Waals surface area contributed by atoms with Crippen LogP contribution >= 0.6 is 0 Å². The van der Waals surface area contributed by atoms with Crippen molar-refractivity contribution in [3.05, 3.63) is 24.5 Å². The van der Waals surface area contributed by atoms with Crippen LogP contribution in [0.4, 0.5) is 5.69 Å². The number of ether oxygens (including phenoxy) is 1. The molecule has 1 unspecified atom stereocenters. The Balaban J connectivity index is 2.65. The van der Waals surface area contributed by atoms with E-state index in [1.165, 1.54) is 19.5 Å². The Morgan fingerprint density at radius 3 is 2.62 bits per heavy atom. The van der Waals surface area contributed by atoms with E-state index in [0.717, 1.165) is 0 Å². The van der Waals surface area contributed by atoms with Crippen molar-refractivity contribution in [2.24, 2.45) is 0 Å². The number of aliphatic carboxylic acids is 1. The highest BCUT2D eigenvalue weighted by Gasteiger charge is 2.21. The maximum absolute atomic E-state index is 11.0. The second-order valence-corrected chi connectivity index (χ2v) is 3.05. The molecule has 0 aliphatic heterocycles. The fraction of sp³-hybridized carbons (Fsp3) is 0.300. The van der Waals surface area contributed by atoms with Crippen LogP contribution in [0.1, 0.15) is 6.42 Å². The van der Waals surface area contributed by atoms with Gasteiger partial charge in [0.05, 0.1) is 13.5 Å². The molecule has 0 aliphatic rings. The predicted octanol–water partition coefficient (Wildman–Crippen LogP) is 0.510. The Morgan fingerprint density at radius 1 is 1.50 bits per heavy atom. The largest absolute Gasteiger partial charge is 0.480 e. The van der Waals surface area contributed by atoms with Gasteiger partial charge in [0.25, 0.3) is 0 Å². The average molecular weight is 224 g/mol. The minimum absolute atomic E-state index is 0.228. The second kappa shape index (κ2) is 5.69. The van der Waals surface area contributed by atoms with Crippen LogP contribution in [0.15, 0.2) is 24.5 Å². The second-order valence-electron chi connectivity index (χ2n) is 3.05. The molecule has 1 aromatic heterocycles. The van der Waals surface area contributed by atoms with E-state index in [4.69, 9.17) is 5.11 Å².